The molecule has 0 bridgehead atoms. The van der Waals surface area contributed by atoms with E-state index in [1.165, 1.54) is 0 Å². The molecule has 0 amide bonds. The number of hydrogen-bond donors (Lipinski definition) is 1. The standard InChI is InChI=1S/C11H13F2NO2/c1-2-3-4-16-11(15)7-5-10(14)9(13)6-8(7)12/h5-6H,2-4,14H2,1H3. The molecule has 0 heterocycles. The number of hydrogen-bond acceptors (Lipinski definition) is 3. The number of nitrogens with two attached hydrogens (primary N) is 1. The van der Waals surface area contributed by atoms with E-state index in [4.69, 9.17) is 10.5 Å². The maximum atomic E-state index is 13.2. The SMILES string of the molecule is CCCCOC(=O)c1cc(N)c(F)cc1F. The summed E-state index contributed by atoms with van der Waals surface area (Å²) in [5.41, 5.74) is 4.62. The van der Waals surface area contributed by atoms with E-state index < -0.39 is 17.6 Å². The van der Waals surface area contributed by atoms with Crippen LogP contribution >= 0.6 is 0 Å². The van der Waals surface area contributed by atoms with Crippen LogP contribution in [0.5, 0.6) is 0 Å². The largest absolute Gasteiger partial charge is 0.462 e. The number of esters is 1. The monoisotopic (exact) mass is 229 g/mol. The molecule has 3 nitrogen and oxygen atoms in total. The highest BCUT2D eigenvalue weighted by atomic mass is 19.1. The fraction of sp³-hybridized carbons (Fsp3) is 0.364. The van der Waals surface area contributed by atoms with E-state index in [9.17, 15) is 13.6 Å². The van der Waals surface area contributed by atoms with Gasteiger partial charge in [-0.1, -0.05) is 13.3 Å². The molecule has 0 aromatic heterocycles. The number of carbonyl (C=O) groups excluding carboxylic acids is 1. The summed E-state index contributed by atoms with van der Waals surface area (Å²) in [6.45, 7) is 2.15. The average molecular weight is 229 g/mol. The van der Waals surface area contributed by atoms with Crippen LogP contribution < -0.4 is 5.73 Å². The van der Waals surface area contributed by atoms with Gasteiger partial charge in [0, 0.05) is 6.07 Å². The molecule has 0 atom stereocenters. The highest BCUT2D eigenvalue weighted by molar-refractivity contribution is 5.90. The van der Waals surface area contributed by atoms with Crippen molar-refractivity contribution in [2.75, 3.05) is 12.3 Å². The van der Waals surface area contributed by atoms with E-state index in [2.05, 4.69) is 0 Å². The molecule has 16 heavy (non-hydrogen) atoms. The van der Waals surface area contributed by atoms with Crippen molar-refractivity contribution in [1.82, 2.24) is 0 Å². The molecule has 0 unspecified atom stereocenters. The molecule has 1 rings (SSSR count). The molecule has 0 fully saturated rings. The Morgan fingerprint density at radius 2 is 2.06 bits per heavy atom. The molecule has 1 aromatic carbocycles. The van der Waals surface area contributed by atoms with Gasteiger partial charge in [0.15, 0.2) is 0 Å². The summed E-state index contributed by atoms with van der Waals surface area (Å²) >= 11 is 0. The normalized spacial score (nSPS) is 10.2. The van der Waals surface area contributed by atoms with Crippen molar-refractivity contribution < 1.29 is 18.3 Å². The predicted octanol–water partition coefficient (Wildman–Crippen LogP) is 2.50. The van der Waals surface area contributed by atoms with Gasteiger partial charge in [-0.15, -0.1) is 0 Å². The fourth-order valence-electron chi connectivity index (χ4n) is 1.11. The number of ether oxygens (including phenoxy) is 1. The summed E-state index contributed by atoms with van der Waals surface area (Å²) in [5.74, 6) is -2.67. The smallest absolute Gasteiger partial charge is 0.341 e. The zero-order valence-corrected chi connectivity index (χ0v) is 8.93. The molecule has 88 valence electrons. The van der Waals surface area contributed by atoms with Crippen LogP contribution in [0.4, 0.5) is 14.5 Å². The van der Waals surface area contributed by atoms with E-state index >= 15 is 0 Å². The van der Waals surface area contributed by atoms with Crippen LogP contribution in [-0.2, 0) is 4.74 Å². The van der Waals surface area contributed by atoms with Gasteiger partial charge < -0.3 is 10.5 Å². The van der Waals surface area contributed by atoms with Crippen molar-refractivity contribution in [2.45, 2.75) is 19.8 Å². The van der Waals surface area contributed by atoms with Crippen molar-refractivity contribution in [3.63, 3.8) is 0 Å². The minimum Gasteiger partial charge on any atom is -0.462 e. The van der Waals surface area contributed by atoms with Crippen LogP contribution in [0.25, 0.3) is 0 Å². The summed E-state index contributed by atoms with van der Waals surface area (Å²) in [6, 6.07) is 1.52. The van der Waals surface area contributed by atoms with Gasteiger partial charge in [-0.05, 0) is 12.5 Å². The third-order valence-corrected chi connectivity index (χ3v) is 2.04. The lowest BCUT2D eigenvalue weighted by Crippen LogP contribution is -2.10. The molecule has 5 heteroatoms. The molecule has 2 N–H and O–H groups in total. The number of benzene rings is 1. The lowest BCUT2D eigenvalue weighted by molar-refractivity contribution is 0.0494. The topological polar surface area (TPSA) is 52.3 Å². The molecular formula is C11H13F2NO2. The van der Waals surface area contributed by atoms with Crippen molar-refractivity contribution in [3.05, 3.63) is 29.3 Å². The van der Waals surface area contributed by atoms with Gasteiger partial charge in [-0.3, -0.25) is 0 Å². The Bertz CT molecular complexity index is 394. The summed E-state index contributed by atoms with van der Waals surface area (Å²) in [5, 5.41) is 0. The third-order valence-electron chi connectivity index (χ3n) is 2.04. The predicted molar refractivity (Wildman–Crippen MR) is 56.0 cm³/mol. The first-order valence-corrected chi connectivity index (χ1v) is 4.98. The molecule has 0 saturated heterocycles. The maximum absolute atomic E-state index is 13.2. The summed E-state index contributed by atoms with van der Waals surface area (Å²) in [6.07, 6.45) is 1.56. The highest BCUT2D eigenvalue weighted by Gasteiger charge is 2.15. The fourth-order valence-corrected chi connectivity index (χ4v) is 1.11. The zero-order valence-electron chi connectivity index (χ0n) is 8.93. The minimum atomic E-state index is -0.965. The molecule has 0 saturated carbocycles. The Labute approximate surface area is 92.2 Å². The van der Waals surface area contributed by atoms with Crippen LogP contribution in [-0.4, -0.2) is 12.6 Å². The first kappa shape index (κ1) is 12.4. The Morgan fingerprint density at radius 3 is 2.69 bits per heavy atom. The maximum Gasteiger partial charge on any atom is 0.341 e. The van der Waals surface area contributed by atoms with Gasteiger partial charge in [0.05, 0.1) is 17.9 Å². The second kappa shape index (κ2) is 5.44. The van der Waals surface area contributed by atoms with Crippen LogP contribution in [0.3, 0.4) is 0 Å². The van der Waals surface area contributed by atoms with Crippen molar-refractivity contribution in [3.8, 4) is 0 Å². The molecular weight excluding hydrogens is 216 g/mol. The quantitative estimate of drug-likeness (QED) is 0.490. The number of nitrogen functional groups attached to an aromatic ring is 1. The van der Waals surface area contributed by atoms with E-state index in [1.54, 1.807) is 0 Å². The van der Waals surface area contributed by atoms with E-state index in [0.717, 1.165) is 12.5 Å². The van der Waals surface area contributed by atoms with Crippen LogP contribution in [0.15, 0.2) is 12.1 Å². The summed E-state index contributed by atoms with van der Waals surface area (Å²) in [4.78, 5) is 11.4. The van der Waals surface area contributed by atoms with Gasteiger partial charge in [0.25, 0.3) is 0 Å². The molecule has 0 aliphatic rings. The van der Waals surface area contributed by atoms with Crippen LogP contribution in [0.1, 0.15) is 30.1 Å². The van der Waals surface area contributed by atoms with Gasteiger partial charge in [-0.2, -0.15) is 0 Å². The van der Waals surface area contributed by atoms with Crippen LogP contribution in [0.2, 0.25) is 0 Å². The first-order chi connectivity index (χ1) is 7.56. The van der Waals surface area contributed by atoms with Crippen molar-refractivity contribution >= 4 is 11.7 Å². The molecule has 0 radical (unpaired) electrons. The summed E-state index contributed by atoms with van der Waals surface area (Å²) in [7, 11) is 0. The Kier molecular flexibility index (Phi) is 4.22. The van der Waals surface area contributed by atoms with Crippen LogP contribution in [0, 0.1) is 11.6 Å². The highest BCUT2D eigenvalue weighted by Crippen LogP contribution is 2.17. The second-order valence-electron chi connectivity index (χ2n) is 3.34. The Balaban J connectivity index is 2.79. The molecule has 1 aromatic rings. The lowest BCUT2D eigenvalue weighted by atomic mass is 10.2. The van der Waals surface area contributed by atoms with E-state index in [-0.39, 0.29) is 17.9 Å². The number of unbranched alkanes of at least 4 members (excludes halogenated alkanes) is 1. The number of halogens is 2. The molecule has 0 aliphatic carbocycles. The van der Waals surface area contributed by atoms with Gasteiger partial charge in [0.2, 0.25) is 0 Å². The van der Waals surface area contributed by atoms with E-state index in [0.29, 0.717) is 12.5 Å². The van der Waals surface area contributed by atoms with Gasteiger partial charge in [-0.25, -0.2) is 13.6 Å². The first-order valence-electron chi connectivity index (χ1n) is 4.98. The Hall–Kier alpha value is -1.65. The van der Waals surface area contributed by atoms with E-state index in [1.807, 2.05) is 6.92 Å². The molecule has 0 aliphatic heterocycles. The number of carbonyl (C=O) groups is 1. The van der Waals surface area contributed by atoms with Gasteiger partial charge >= 0.3 is 5.97 Å². The van der Waals surface area contributed by atoms with Gasteiger partial charge in [0.1, 0.15) is 11.6 Å². The Morgan fingerprint density at radius 1 is 1.38 bits per heavy atom. The average Bonchev–Trinajstić information content (AvgIpc) is 2.23. The molecule has 0 spiro atoms. The van der Waals surface area contributed by atoms with Crippen molar-refractivity contribution in [1.29, 1.82) is 0 Å². The number of anilines is 1. The lowest BCUT2D eigenvalue weighted by Gasteiger charge is -2.06. The van der Waals surface area contributed by atoms with Crippen molar-refractivity contribution in [2.24, 2.45) is 0 Å². The summed E-state index contributed by atoms with van der Waals surface area (Å²) < 4.78 is 30.8. The number of rotatable bonds is 4. The third kappa shape index (κ3) is 2.92. The zero-order chi connectivity index (χ0) is 12.1. The second-order valence-corrected chi connectivity index (χ2v) is 3.34. The minimum absolute atomic E-state index is 0.214.